The third-order valence-corrected chi connectivity index (χ3v) is 4.41. The quantitative estimate of drug-likeness (QED) is 0.591. The molecule has 10 nitrogen and oxygen atoms in total. The lowest BCUT2D eigenvalue weighted by Crippen LogP contribution is -2.32. The number of nitrogen functional groups attached to an aromatic ring is 1. The summed E-state index contributed by atoms with van der Waals surface area (Å²) >= 11 is 0. The molecule has 0 bridgehead atoms. The van der Waals surface area contributed by atoms with Crippen molar-refractivity contribution >= 4 is 28.6 Å². The number of hydrogen-bond acceptors (Lipinski definition) is 8. The molecule has 1 aromatic carbocycles. The van der Waals surface area contributed by atoms with Gasteiger partial charge in [0.25, 0.3) is 5.91 Å². The molecule has 0 fully saturated rings. The van der Waals surface area contributed by atoms with E-state index in [9.17, 15) is 9.59 Å². The Bertz CT molecular complexity index is 1090. The summed E-state index contributed by atoms with van der Waals surface area (Å²) in [5.41, 5.74) is 7.53. The number of carbonyl (C=O) groups is 2. The largest absolute Gasteiger partial charge is 0.465 e. The normalized spacial score (nSPS) is 12.2. The van der Waals surface area contributed by atoms with Crippen molar-refractivity contribution < 1.29 is 23.8 Å². The maximum absolute atomic E-state index is 12.9. The Hall–Kier alpha value is -3.82. The van der Waals surface area contributed by atoms with Crippen LogP contribution in [0.2, 0.25) is 0 Å². The first-order valence-electron chi connectivity index (χ1n) is 8.98. The Balaban J connectivity index is 1.67. The lowest BCUT2D eigenvalue weighted by Gasteiger charge is -2.10. The fourth-order valence-corrected chi connectivity index (χ4v) is 3.13. The Kier molecular flexibility index (Phi) is 4.90. The molecule has 4 rings (SSSR count). The third kappa shape index (κ3) is 3.64. The maximum atomic E-state index is 12.9. The second kappa shape index (κ2) is 7.66. The summed E-state index contributed by atoms with van der Waals surface area (Å²) in [6.45, 7) is 2.23. The zero-order valence-corrected chi connectivity index (χ0v) is 15.7. The number of nitrogens with zero attached hydrogens (tertiary/aromatic N) is 3. The van der Waals surface area contributed by atoms with Crippen LogP contribution >= 0.6 is 0 Å². The third-order valence-electron chi connectivity index (χ3n) is 4.41. The average Bonchev–Trinajstić information content (AvgIpc) is 3.31. The van der Waals surface area contributed by atoms with E-state index < -0.39 is 11.9 Å². The first-order valence-corrected chi connectivity index (χ1v) is 8.98. The van der Waals surface area contributed by atoms with Crippen LogP contribution in [0.3, 0.4) is 0 Å². The Morgan fingerprint density at radius 1 is 1.28 bits per heavy atom. The van der Waals surface area contributed by atoms with E-state index >= 15 is 0 Å². The molecule has 1 aliphatic heterocycles. The van der Waals surface area contributed by atoms with Gasteiger partial charge in [0.05, 0.1) is 12.0 Å². The fourth-order valence-electron chi connectivity index (χ4n) is 3.13. The SMILES string of the molecule is CCOC(=O)CNC(=O)c1c2ncnc(N)c2cn1Cc1ccc2c(c1)OCO2. The molecule has 3 aromatic rings. The molecule has 0 unspecified atom stereocenters. The van der Waals surface area contributed by atoms with Crippen molar-refractivity contribution in [1.29, 1.82) is 0 Å². The van der Waals surface area contributed by atoms with Crippen molar-refractivity contribution in [2.45, 2.75) is 13.5 Å². The number of aromatic nitrogens is 3. The molecule has 0 saturated carbocycles. The molecule has 0 aliphatic carbocycles. The van der Waals surface area contributed by atoms with E-state index in [4.69, 9.17) is 19.9 Å². The van der Waals surface area contributed by atoms with Crippen LogP contribution in [-0.2, 0) is 16.1 Å². The summed E-state index contributed by atoms with van der Waals surface area (Å²) in [7, 11) is 0. The summed E-state index contributed by atoms with van der Waals surface area (Å²) in [6, 6.07) is 5.55. The lowest BCUT2D eigenvalue weighted by atomic mass is 10.2. The first kappa shape index (κ1) is 18.5. The molecule has 0 spiro atoms. The van der Waals surface area contributed by atoms with Crippen LogP contribution in [0.25, 0.3) is 10.9 Å². The van der Waals surface area contributed by atoms with Gasteiger partial charge in [0, 0.05) is 12.7 Å². The number of rotatable bonds is 6. The summed E-state index contributed by atoms with van der Waals surface area (Å²) in [6.07, 6.45) is 3.01. The molecule has 0 atom stereocenters. The fraction of sp³-hybridized carbons (Fsp3) is 0.263. The highest BCUT2D eigenvalue weighted by Gasteiger charge is 2.21. The minimum Gasteiger partial charge on any atom is -0.465 e. The van der Waals surface area contributed by atoms with E-state index in [1.807, 2.05) is 18.2 Å². The van der Waals surface area contributed by atoms with Gasteiger partial charge in [-0.2, -0.15) is 0 Å². The van der Waals surface area contributed by atoms with Crippen LogP contribution in [0, 0.1) is 0 Å². The predicted octanol–water partition coefficient (Wildman–Crippen LogP) is 1.08. The molecule has 10 heteroatoms. The van der Waals surface area contributed by atoms with Crippen molar-refractivity contribution in [3.8, 4) is 11.5 Å². The predicted molar refractivity (Wildman–Crippen MR) is 103 cm³/mol. The number of ether oxygens (including phenoxy) is 3. The van der Waals surface area contributed by atoms with Gasteiger partial charge in [-0.1, -0.05) is 6.07 Å². The monoisotopic (exact) mass is 397 g/mol. The van der Waals surface area contributed by atoms with Gasteiger partial charge in [-0.3, -0.25) is 9.59 Å². The summed E-state index contributed by atoms with van der Waals surface area (Å²) in [4.78, 5) is 32.7. The van der Waals surface area contributed by atoms with Crippen molar-refractivity contribution in [3.05, 3.63) is 42.0 Å². The number of fused-ring (bicyclic) bond motifs is 2. The second-order valence-electron chi connectivity index (χ2n) is 6.30. The number of nitrogens with two attached hydrogens (primary N) is 1. The Morgan fingerprint density at radius 2 is 2.10 bits per heavy atom. The zero-order chi connectivity index (χ0) is 20.4. The van der Waals surface area contributed by atoms with Crippen molar-refractivity contribution in [2.75, 3.05) is 25.7 Å². The standard InChI is InChI=1S/C19H19N5O5/c1-2-27-15(25)6-21-19(26)17-16-12(18(20)23-9-22-16)8-24(17)7-11-3-4-13-14(5-11)29-10-28-13/h3-5,8-9H,2,6-7,10H2,1H3,(H,21,26)(H2,20,22,23). The maximum Gasteiger partial charge on any atom is 0.325 e. The van der Waals surface area contributed by atoms with Crippen LogP contribution in [-0.4, -0.2) is 46.4 Å². The van der Waals surface area contributed by atoms with Crippen molar-refractivity contribution in [2.24, 2.45) is 0 Å². The topological polar surface area (TPSA) is 131 Å². The van der Waals surface area contributed by atoms with Crippen LogP contribution in [0.5, 0.6) is 11.5 Å². The molecule has 2 aromatic heterocycles. The summed E-state index contributed by atoms with van der Waals surface area (Å²) < 4.78 is 17.3. The Morgan fingerprint density at radius 3 is 2.93 bits per heavy atom. The van der Waals surface area contributed by atoms with Gasteiger partial charge in [-0.05, 0) is 24.6 Å². The number of anilines is 1. The summed E-state index contributed by atoms with van der Waals surface area (Å²) in [5.74, 6) is 0.597. The highest BCUT2D eigenvalue weighted by Crippen LogP contribution is 2.33. The van der Waals surface area contributed by atoms with E-state index in [-0.39, 0.29) is 31.5 Å². The van der Waals surface area contributed by atoms with E-state index in [2.05, 4.69) is 15.3 Å². The van der Waals surface area contributed by atoms with Crippen LogP contribution in [0.1, 0.15) is 23.0 Å². The number of benzene rings is 1. The van der Waals surface area contributed by atoms with E-state index in [0.717, 1.165) is 5.56 Å². The van der Waals surface area contributed by atoms with E-state index in [1.54, 1.807) is 17.7 Å². The number of amides is 1. The minimum atomic E-state index is -0.520. The average molecular weight is 397 g/mol. The molecular weight excluding hydrogens is 378 g/mol. The Labute approximate surface area is 165 Å². The highest BCUT2D eigenvalue weighted by atomic mass is 16.7. The molecule has 3 N–H and O–H groups in total. The van der Waals surface area contributed by atoms with E-state index in [1.165, 1.54) is 6.33 Å². The van der Waals surface area contributed by atoms with Crippen LogP contribution in [0.4, 0.5) is 5.82 Å². The molecule has 0 radical (unpaired) electrons. The highest BCUT2D eigenvalue weighted by molar-refractivity contribution is 6.07. The molecule has 1 amide bonds. The number of carbonyl (C=O) groups excluding carboxylic acids is 2. The van der Waals surface area contributed by atoms with Gasteiger partial charge in [-0.25, -0.2) is 9.97 Å². The zero-order valence-electron chi connectivity index (χ0n) is 15.7. The van der Waals surface area contributed by atoms with Gasteiger partial charge in [-0.15, -0.1) is 0 Å². The van der Waals surface area contributed by atoms with Crippen molar-refractivity contribution in [1.82, 2.24) is 19.9 Å². The first-order chi connectivity index (χ1) is 14.1. The number of esters is 1. The lowest BCUT2D eigenvalue weighted by molar-refractivity contribution is -0.141. The molecular formula is C19H19N5O5. The molecule has 0 saturated heterocycles. The summed E-state index contributed by atoms with van der Waals surface area (Å²) in [5, 5.41) is 3.12. The van der Waals surface area contributed by atoms with E-state index in [0.29, 0.717) is 28.9 Å². The van der Waals surface area contributed by atoms with Gasteiger partial charge < -0.3 is 29.8 Å². The number of nitrogens with one attached hydrogen (secondary N) is 1. The van der Waals surface area contributed by atoms with Gasteiger partial charge in [0.2, 0.25) is 6.79 Å². The van der Waals surface area contributed by atoms with Gasteiger partial charge in [0.1, 0.15) is 29.9 Å². The molecule has 29 heavy (non-hydrogen) atoms. The van der Waals surface area contributed by atoms with Crippen LogP contribution < -0.4 is 20.5 Å². The smallest absolute Gasteiger partial charge is 0.325 e. The van der Waals surface area contributed by atoms with Crippen molar-refractivity contribution in [3.63, 3.8) is 0 Å². The second-order valence-corrected chi connectivity index (χ2v) is 6.30. The van der Waals surface area contributed by atoms with Gasteiger partial charge >= 0.3 is 5.97 Å². The minimum absolute atomic E-state index is 0.180. The number of hydrogen-bond donors (Lipinski definition) is 2. The molecule has 1 aliphatic rings. The van der Waals surface area contributed by atoms with Crippen LogP contribution in [0.15, 0.2) is 30.7 Å². The van der Waals surface area contributed by atoms with Gasteiger partial charge in [0.15, 0.2) is 11.5 Å². The molecule has 3 heterocycles. The molecule has 150 valence electrons.